The molecule has 2 rings (SSSR count). The molecule has 5 nitrogen and oxygen atoms in total. The molecule has 1 amide bonds. The molecule has 0 heterocycles. The van der Waals surface area contributed by atoms with Gasteiger partial charge in [-0.25, -0.2) is 4.79 Å². The Bertz CT molecular complexity index is 531. The van der Waals surface area contributed by atoms with Gasteiger partial charge in [-0.3, -0.25) is 4.79 Å². The molecule has 0 atom stereocenters. The Hall–Kier alpha value is -1.88. The lowest BCUT2D eigenvalue weighted by molar-refractivity contribution is -0.906. The average Bonchev–Trinajstić information content (AvgIpc) is 3.01. The highest BCUT2D eigenvalue weighted by molar-refractivity contribution is 5.93. The molecular weight excluding hydrogens is 280 g/mol. The third-order valence-corrected chi connectivity index (χ3v) is 4.45. The van der Waals surface area contributed by atoms with Crippen LogP contribution in [0.2, 0.25) is 0 Å². The average molecular weight is 305 g/mol. The minimum absolute atomic E-state index is 0.00252. The summed E-state index contributed by atoms with van der Waals surface area (Å²) in [7, 11) is 5.59. The van der Waals surface area contributed by atoms with Gasteiger partial charge in [0.1, 0.15) is 0 Å². The molecule has 1 fully saturated rings. The maximum absolute atomic E-state index is 12.2. The molecule has 1 aliphatic rings. The zero-order chi connectivity index (χ0) is 16.2. The second-order valence-electron chi connectivity index (χ2n) is 6.49. The Labute approximate surface area is 131 Å². The Morgan fingerprint density at radius 3 is 2.32 bits per heavy atom. The van der Waals surface area contributed by atoms with Crippen molar-refractivity contribution in [3.05, 3.63) is 29.8 Å². The first kappa shape index (κ1) is 16.5. The van der Waals surface area contributed by atoms with Crippen LogP contribution in [0.15, 0.2) is 24.3 Å². The lowest BCUT2D eigenvalue weighted by Gasteiger charge is -2.35. The summed E-state index contributed by atoms with van der Waals surface area (Å²) in [5.41, 5.74) is 1.17. The number of hydrogen-bond donors (Lipinski definition) is 1. The van der Waals surface area contributed by atoms with Crippen LogP contribution in [0.25, 0.3) is 0 Å². The number of carbonyl (C=O) groups excluding carboxylic acids is 2. The molecule has 0 saturated heterocycles. The van der Waals surface area contributed by atoms with E-state index >= 15 is 0 Å². The monoisotopic (exact) mass is 305 g/mol. The van der Waals surface area contributed by atoms with E-state index in [4.69, 9.17) is 0 Å². The molecule has 5 heteroatoms. The Morgan fingerprint density at radius 2 is 1.77 bits per heavy atom. The van der Waals surface area contributed by atoms with Crippen molar-refractivity contribution in [1.82, 2.24) is 0 Å². The van der Waals surface area contributed by atoms with Crippen LogP contribution in [-0.4, -0.2) is 50.2 Å². The van der Waals surface area contributed by atoms with Crippen molar-refractivity contribution in [1.29, 1.82) is 0 Å². The number of esters is 1. The maximum Gasteiger partial charge on any atom is 0.337 e. The zero-order valence-electron chi connectivity index (χ0n) is 13.6. The fourth-order valence-electron chi connectivity index (χ4n) is 3.11. The van der Waals surface area contributed by atoms with E-state index in [1.807, 2.05) is 0 Å². The lowest BCUT2D eigenvalue weighted by atomic mass is 10.2. The first-order valence-electron chi connectivity index (χ1n) is 7.73. The van der Waals surface area contributed by atoms with Gasteiger partial charge in [0.2, 0.25) is 0 Å². The third-order valence-electron chi connectivity index (χ3n) is 4.45. The van der Waals surface area contributed by atoms with Crippen LogP contribution in [0.3, 0.4) is 0 Å². The maximum atomic E-state index is 12.2. The molecule has 1 aromatic rings. The molecule has 1 aliphatic carbocycles. The minimum atomic E-state index is -0.378. The molecule has 0 aliphatic heterocycles. The van der Waals surface area contributed by atoms with Gasteiger partial charge in [-0.1, -0.05) is 0 Å². The number of rotatable bonds is 5. The van der Waals surface area contributed by atoms with Gasteiger partial charge in [0, 0.05) is 5.69 Å². The van der Waals surface area contributed by atoms with Gasteiger partial charge in [0.25, 0.3) is 5.91 Å². The zero-order valence-corrected chi connectivity index (χ0v) is 13.6. The van der Waals surface area contributed by atoms with Crippen LogP contribution in [0.4, 0.5) is 5.69 Å². The third kappa shape index (κ3) is 4.07. The largest absolute Gasteiger partial charge is 0.465 e. The summed E-state index contributed by atoms with van der Waals surface area (Å²) in [5, 5.41) is 2.90. The Balaban J connectivity index is 1.92. The number of ether oxygens (including phenoxy) is 1. The number of nitrogens with one attached hydrogen (secondary N) is 1. The van der Waals surface area contributed by atoms with E-state index in [2.05, 4.69) is 24.1 Å². The van der Waals surface area contributed by atoms with Gasteiger partial charge in [0.15, 0.2) is 6.54 Å². The standard InChI is InChI=1S/C17H24N2O3/c1-19(2,15-6-4-5-7-15)12-16(20)18-14-10-8-13(9-11-14)17(21)22-3/h8-11,15H,4-7,12H2,1-3H3/p+1. The molecule has 0 aromatic heterocycles. The van der Waals surface area contributed by atoms with Crippen molar-refractivity contribution in [3.8, 4) is 0 Å². The number of benzene rings is 1. The molecule has 0 unspecified atom stereocenters. The number of nitrogens with zero attached hydrogens (tertiary/aromatic N) is 1. The summed E-state index contributed by atoms with van der Waals surface area (Å²) in [6.45, 7) is 0.462. The highest BCUT2D eigenvalue weighted by Crippen LogP contribution is 2.26. The van der Waals surface area contributed by atoms with E-state index < -0.39 is 0 Å². The molecule has 0 spiro atoms. The smallest absolute Gasteiger partial charge is 0.337 e. The quantitative estimate of drug-likeness (QED) is 0.671. The van der Waals surface area contributed by atoms with Crippen molar-refractivity contribution in [3.63, 3.8) is 0 Å². The minimum Gasteiger partial charge on any atom is -0.465 e. The van der Waals surface area contributed by atoms with Crippen molar-refractivity contribution >= 4 is 17.6 Å². The first-order valence-corrected chi connectivity index (χ1v) is 7.73. The number of anilines is 1. The van der Waals surface area contributed by atoms with Gasteiger partial charge < -0.3 is 14.5 Å². The van der Waals surface area contributed by atoms with Crippen LogP contribution in [-0.2, 0) is 9.53 Å². The van der Waals surface area contributed by atoms with Crippen LogP contribution < -0.4 is 5.32 Å². The molecule has 22 heavy (non-hydrogen) atoms. The SMILES string of the molecule is COC(=O)c1ccc(NC(=O)C[N+](C)(C)C2CCCC2)cc1. The number of carbonyl (C=O) groups is 2. The first-order chi connectivity index (χ1) is 10.4. The number of amides is 1. The molecule has 1 saturated carbocycles. The van der Waals surface area contributed by atoms with Gasteiger partial charge in [-0.2, -0.15) is 0 Å². The predicted molar refractivity (Wildman–Crippen MR) is 85.6 cm³/mol. The van der Waals surface area contributed by atoms with Gasteiger partial charge >= 0.3 is 5.97 Å². The fourth-order valence-corrected chi connectivity index (χ4v) is 3.11. The van der Waals surface area contributed by atoms with E-state index in [0.717, 1.165) is 4.48 Å². The van der Waals surface area contributed by atoms with E-state index in [9.17, 15) is 9.59 Å². The molecule has 120 valence electrons. The Morgan fingerprint density at radius 1 is 1.18 bits per heavy atom. The molecular formula is C17H25N2O3+. The van der Waals surface area contributed by atoms with E-state index in [1.54, 1.807) is 24.3 Å². The van der Waals surface area contributed by atoms with Gasteiger partial charge in [0.05, 0.1) is 32.8 Å². The summed E-state index contributed by atoms with van der Waals surface area (Å²) in [5.74, 6) is -0.375. The highest BCUT2D eigenvalue weighted by Gasteiger charge is 2.32. The second-order valence-corrected chi connectivity index (χ2v) is 6.49. The van der Waals surface area contributed by atoms with Crippen LogP contribution in [0.1, 0.15) is 36.0 Å². The molecule has 1 N–H and O–H groups in total. The van der Waals surface area contributed by atoms with Crippen LogP contribution in [0, 0.1) is 0 Å². The summed E-state index contributed by atoms with van der Waals surface area (Å²) >= 11 is 0. The van der Waals surface area contributed by atoms with Gasteiger partial charge in [-0.15, -0.1) is 0 Å². The number of quaternary nitrogens is 1. The van der Waals surface area contributed by atoms with Crippen LogP contribution >= 0.6 is 0 Å². The fraction of sp³-hybridized carbons (Fsp3) is 0.529. The van der Waals surface area contributed by atoms with E-state index in [-0.39, 0.29) is 11.9 Å². The molecule has 0 radical (unpaired) electrons. The predicted octanol–water partition coefficient (Wildman–Crippen LogP) is 2.43. The van der Waals surface area contributed by atoms with E-state index in [0.29, 0.717) is 23.8 Å². The molecule has 1 aromatic carbocycles. The van der Waals surface area contributed by atoms with Crippen molar-refractivity contribution in [2.45, 2.75) is 31.7 Å². The topological polar surface area (TPSA) is 55.4 Å². The van der Waals surface area contributed by atoms with Crippen molar-refractivity contribution in [2.24, 2.45) is 0 Å². The normalized spacial score (nSPS) is 15.6. The summed E-state index contributed by atoms with van der Waals surface area (Å²) in [4.78, 5) is 23.6. The molecule has 0 bridgehead atoms. The highest BCUT2D eigenvalue weighted by atomic mass is 16.5. The van der Waals surface area contributed by atoms with Gasteiger partial charge in [-0.05, 0) is 49.9 Å². The summed E-state index contributed by atoms with van der Waals surface area (Å²) < 4.78 is 5.38. The Kier molecular flexibility index (Phi) is 5.19. The van der Waals surface area contributed by atoms with Crippen molar-refractivity contribution < 1.29 is 18.8 Å². The summed E-state index contributed by atoms with van der Waals surface area (Å²) in [6, 6.07) is 7.32. The van der Waals surface area contributed by atoms with Crippen LogP contribution in [0.5, 0.6) is 0 Å². The summed E-state index contributed by atoms with van der Waals surface area (Å²) in [6.07, 6.45) is 4.94. The van der Waals surface area contributed by atoms with Crippen molar-refractivity contribution in [2.75, 3.05) is 33.1 Å². The number of hydrogen-bond acceptors (Lipinski definition) is 3. The lowest BCUT2D eigenvalue weighted by Crippen LogP contribution is -2.51. The van der Waals surface area contributed by atoms with E-state index in [1.165, 1.54) is 32.8 Å². The number of likely N-dealkylation sites (N-methyl/N-ethyl adjacent to an activating group) is 1. The number of methoxy groups -OCH3 is 1. The second kappa shape index (κ2) is 6.92.